The fourth-order valence-electron chi connectivity index (χ4n) is 2.19. The average Bonchev–Trinajstić information content (AvgIpc) is 3.15. The predicted molar refractivity (Wildman–Crippen MR) is 103 cm³/mol. The summed E-state index contributed by atoms with van der Waals surface area (Å²) in [6, 6.07) is -2.71. The number of aliphatic carboxylic acids is 1. The lowest BCUT2D eigenvalue weighted by Gasteiger charge is -2.23. The molecule has 0 spiro atoms. The van der Waals surface area contributed by atoms with Gasteiger partial charge in [0.15, 0.2) is 0 Å². The zero-order chi connectivity index (χ0) is 21.1. The van der Waals surface area contributed by atoms with E-state index in [1.54, 1.807) is 0 Å². The molecule has 0 saturated carbocycles. The maximum atomic E-state index is 12.7. The number of imidazole rings is 1. The van der Waals surface area contributed by atoms with Crippen LogP contribution < -0.4 is 21.7 Å². The molecule has 0 fully saturated rings. The van der Waals surface area contributed by atoms with Crippen molar-refractivity contribution >= 4 is 35.5 Å². The van der Waals surface area contributed by atoms with Crippen molar-refractivity contribution in [3.05, 3.63) is 18.2 Å². The van der Waals surface area contributed by atoms with Crippen LogP contribution in [0, 0.1) is 0 Å². The van der Waals surface area contributed by atoms with Crippen molar-refractivity contribution in [1.29, 1.82) is 0 Å². The summed E-state index contributed by atoms with van der Waals surface area (Å²) in [5, 5.41) is 16.1. The zero-order valence-electron chi connectivity index (χ0n) is 15.7. The summed E-state index contributed by atoms with van der Waals surface area (Å²) in [5.74, 6) is -2.30. The fraction of sp³-hybridized carbons (Fsp3) is 0.562. The molecule has 1 aromatic rings. The van der Waals surface area contributed by atoms with Crippen LogP contribution in [0.3, 0.4) is 0 Å². The Balaban J connectivity index is 2.88. The van der Waals surface area contributed by atoms with Crippen LogP contribution in [0.25, 0.3) is 0 Å². The molecule has 1 heterocycles. The van der Waals surface area contributed by atoms with Crippen molar-refractivity contribution in [3.63, 3.8) is 0 Å². The zero-order valence-corrected chi connectivity index (χ0v) is 16.5. The second-order valence-electron chi connectivity index (χ2n) is 6.09. The van der Waals surface area contributed by atoms with Crippen molar-refractivity contribution < 1.29 is 24.3 Å². The molecule has 0 saturated heterocycles. The number of amides is 3. The van der Waals surface area contributed by atoms with Crippen LogP contribution in [0.15, 0.2) is 12.5 Å². The van der Waals surface area contributed by atoms with Gasteiger partial charge in [0, 0.05) is 18.3 Å². The van der Waals surface area contributed by atoms with Gasteiger partial charge in [-0.3, -0.25) is 19.2 Å². The minimum absolute atomic E-state index is 0.0771. The molecule has 0 aromatic carbocycles. The van der Waals surface area contributed by atoms with Crippen LogP contribution in [-0.2, 0) is 25.6 Å². The predicted octanol–water partition coefficient (Wildman–Crippen LogP) is -1.78. The molecular formula is C16H26N6O5S. The third-order valence-corrected chi connectivity index (χ3v) is 4.33. The molecular weight excluding hydrogens is 388 g/mol. The molecule has 1 aromatic heterocycles. The first-order valence-electron chi connectivity index (χ1n) is 8.56. The van der Waals surface area contributed by atoms with Crippen molar-refractivity contribution in [2.24, 2.45) is 5.73 Å². The standard InChI is InChI=1S/C16H26N6O5S/c1-9(17)14(25)21-11(3-4-28-2)16(27)22-12(5-10-6-18-8-20-10)15(26)19-7-13(23)24/h6,8-9,11-12H,3-5,7,17H2,1-2H3,(H,18,20)(H,19,26)(H,21,25)(H,22,27)(H,23,24). The number of carbonyl (C=O) groups excluding carboxylic acids is 3. The molecule has 11 nitrogen and oxygen atoms in total. The number of nitrogens with zero attached hydrogens (tertiary/aromatic N) is 1. The van der Waals surface area contributed by atoms with E-state index in [0.717, 1.165) is 0 Å². The highest BCUT2D eigenvalue weighted by atomic mass is 32.2. The molecule has 156 valence electrons. The molecule has 28 heavy (non-hydrogen) atoms. The molecule has 1 rings (SSSR count). The van der Waals surface area contributed by atoms with Crippen LogP contribution in [0.5, 0.6) is 0 Å². The van der Waals surface area contributed by atoms with Crippen LogP contribution in [0.1, 0.15) is 19.0 Å². The number of hydrogen-bond donors (Lipinski definition) is 6. The number of rotatable bonds is 12. The first-order chi connectivity index (χ1) is 13.2. The highest BCUT2D eigenvalue weighted by Gasteiger charge is 2.28. The van der Waals surface area contributed by atoms with E-state index in [9.17, 15) is 19.2 Å². The second-order valence-corrected chi connectivity index (χ2v) is 7.07. The lowest BCUT2D eigenvalue weighted by Crippen LogP contribution is -2.56. The average molecular weight is 414 g/mol. The number of hydrogen-bond acceptors (Lipinski definition) is 7. The molecule has 0 radical (unpaired) electrons. The van der Waals surface area contributed by atoms with Crippen molar-refractivity contribution in [3.8, 4) is 0 Å². The first-order valence-corrected chi connectivity index (χ1v) is 9.96. The number of thioether (sulfide) groups is 1. The van der Waals surface area contributed by atoms with Gasteiger partial charge in [-0.2, -0.15) is 11.8 Å². The Labute approximate surface area is 166 Å². The molecule has 7 N–H and O–H groups in total. The summed E-state index contributed by atoms with van der Waals surface area (Å²) in [7, 11) is 0. The smallest absolute Gasteiger partial charge is 0.322 e. The highest BCUT2D eigenvalue weighted by Crippen LogP contribution is 2.04. The van der Waals surface area contributed by atoms with Crippen LogP contribution >= 0.6 is 11.8 Å². The van der Waals surface area contributed by atoms with Gasteiger partial charge in [0.05, 0.1) is 12.4 Å². The summed E-state index contributed by atoms with van der Waals surface area (Å²) in [5.41, 5.74) is 6.12. The number of nitrogens with two attached hydrogens (primary N) is 1. The van der Waals surface area contributed by atoms with Gasteiger partial charge in [-0.1, -0.05) is 0 Å². The van der Waals surface area contributed by atoms with Gasteiger partial charge in [-0.25, -0.2) is 4.98 Å². The van der Waals surface area contributed by atoms with Crippen molar-refractivity contribution in [2.75, 3.05) is 18.6 Å². The number of carbonyl (C=O) groups is 4. The van der Waals surface area contributed by atoms with Gasteiger partial charge in [-0.15, -0.1) is 0 Å². The molecule has 0 aliphatic rings. The van der Waals surface area contributed by atoms with Gasteiger partial charge >= 0.3 is 5.97 Å². The minimum Gasteiger partial charge on any atom is -0.480 e. The number of carboxylic acids is 1. The monoisotopic (exact) mass is 414 g/mol. The Kier molecular flexibility index (Phi) is 10.0. The fourth-order valence-corrected chi connectivity index (χ4v) is 2.66. The van der Waals surface area contributed by atoms with Gasteiger partial charge < -0.3 is 31.8 Å². The number of nitrogens with one attached hydrogen (secondary N) is 4. The quantitative estimate of drug-likeness (QED) is 0.232. The van der Waals surface area contributed by atoms with E-state index in [1.807, 2.05) is 6.26 Å². The maximum absolute atomic E-state index is 12.7. The van der Waals surface area contributed by atoms with E-state index in [0.29, 0.717) is 17.9 Å². The van der Waals surface area contributed by atoms with E-state index >= 15 is 0 Å². The molecule has 0 bridgehead atoms. The lowest BCUT2D eigenvalue weighted by molar-refractivity contribution is -0.138. The summed E-state index contributed by atoms with van der Waals surface area (Å²) < 4.78 is 0. The molecule has 0 aliphatic carbocycles. The van der Waals surface area contributed by atoms with Crippen molar-refractivity contribution in [1.82, 2.24) is 25.9 Å². The largest absolute Gasteiger partial charge is 0.480 e. The SMILES string of the molecule is CSCCC(NC(=O)C(C)N)C(=O)NC(Cc1cnc[nH]1)C(=O)NCC(=O)O. The Morgan fingerprint density at radius 3 is 2.43 bits per heavy atom. The van der Waals surface area contributed by atoms with E-state index in [-0.39, 0.29) is 6.42 Å². The number of H-pyrrole nitrogens is 1. The van der Waals surface area contributed by atoms with E-state index in [2.05, 4.69) is 25.9 Å². The summed E-state index contributed by atoms with van der Waals surface area (Å²) in [6.45, 7) is 0.921. The summed E-state index contributed by atoms with van der Waals surface area (Å²) in [6.07, 6.45) is 5.20. The second kappa shape index (κ2) is 12.0. The molecule has 12 heteroatoms. The van der Waals surface area contributed by atoms with Crippen LogP contribution in [0.4, 0.5) is 0 Å². The number of aromatic nitrogens is 2. The lowest BCUT2D eigenvalue weighted by atomic mass is 10.1. The van der Waals surface area contributed by atoms with Gasteiger partial charge in [-0.05, 0) is 25.4 Å². The van der Waals surface area contributed by atoms with Crippen molar-refractivity contribution in [2.45, 2.75) is 37.9 Å². The highest BCUT2D eigenvalue weighted by molar-refractivity contribution is 7.98. The Morgan fingerprint density at radius 2 is 1.89 bits per heavy atom. The first kappa shape index (κ1) is 23.4. The van der Waals surface area contributed by atoms with E-state index in [1.165, 1.54) is 31.2 Å². The third-order valence-electron chi connectivity index (χ3n) is 3.68. The van der Waals surface area contributed by atoms with E-state index < -0.39 is 48.4 Å². The molecule has 3 unspecified atom stereocenters. The Morgan fingerprint density at radius 1 is 1.21 bits per heavy atom. The molecule has 3 atom stereocenters. The summed E-state index contributed by atoms with van der Waals surface area (Å²) >= 11 is 1.50. The Bertz CT molecular complexity index is 666. The molecule has 0 aliphatic heterocycles. The number of aromatic amines is 1. The maximum Gasteiger partial charge on any atom is 0.322 e. The number of carboxylic acid groups (broad SMARTS) is 1. The summed E-state index contributed by atoms with van der Waals surface area (Å²) in [4.78, 5) is 54.3. The molecule has 3 amide bonds. The minimum atomic E-state index is -1.21. The van der Waals surface area contributed by atoms with Crippen LogP contribution in [0.2, 0.25) is 0 Å². The normalized spacial score (nSPS) is 13.8. The topological polar surface area (TPSA) is 179 Å². The Hall–Kier alpha value is -2.60. The van der Waals surface area contributed by atoms with Gasteiger partial charge in [0.1, 0.15) is 18.6 Å². The van der Waals surface area contributed by atoms with Crippen LogP contribution in [-0.4, -0.2) is 75.4 Å². The van der Waals surface area contributed by atoms with Gasteiger partial charge in [0.25, 0.3) is 0 Å². The van der Waals surface area contributed by atoms with E-state index in [4.69, 9.17) is 10.8 Å². The third kappa shape index (κ3) is 8.39. The van der Waals surface area contributed by atoms with Gasteiger partial charge in [0.2, 0.25) is 17.7 Å².